The topological polar surface area (TPSA) is 96.2 Å². The molecular weight excluding hydrogens is 556 g/mol. The Labute approximate surface area is 200 Å². The molecule has 1 fully saturated rings. The first-order valence-electron chi connectivity index (χ1n) is 9.68. The molecule has 31 heavy (non-hydrogen) atoms. The minimum Gasteiger partial charge on any atom is -0.379 e. The zero-order chi connectivity index (χ0) is 23.0. The Kier molecular flexibility index (Phi) is 10.2. The Balaban J connectivity index is 2.49. The molecule has 1 aromatic rings. The highest BCUT2D eigenvalue weighted by Crippen LogP contribution is 2.35. The predicted molar refractivity (Wildman–Crippen MR) is 128 cm³/mol. The first-order valence-corrected chi connectivity index (χ1v) is 13.4. The molecule has 12 heteroatoms. The molecule has 0 atom stereocenters. The van der Waals surface area contributed by atoms with E-state index in [1.165, 1.54) is 17.4 Å². The zero-order valence-electron chi connectivity index (χ0n) is 17.3. The van der Waals surface area contributed by atoms with Crippen molar-refractivity contribution in [1.82, 2.24) is 9.21 Å². The second-order valence-corrected chi connectivity index (χ2v) is 10.5. The van der Waals surface area contributed by atoms with Crippen molar-refractivity contribution in [3.63, 3.8) is 0 Å². The lowest BCUT2D eigenvalue weighted by atomic mass is 10.1. The number of terminal acetylenes is 1. The Morgan fingerprint density at radius 1 is 1.23 bits per heavy atom. The number of benzene rings is 1. The summed E-state index contributed by atoms with van der Waals surface area (Å²) in [7, 11) is -2.56. The van der Waals surface area contributed by atoms with Gasteiger partial charge in [0.05, 0.1) is 29.4 Å². The monoisotopic (exact) mass is 580 g/mol. The molecule has 1 heterocycles. The van der Waals surface area contributed by atoms with Gasteiger partial charge in [-0.25, -0.2) is 8.42 Å². The fraction of sp³-hybridized carbons (Fsp3) is 0.579. The lowest BCUT2D eigenvalue weighted by molar-refractivity contribution is -0.385. The van der Waals surface area contributed by atoms with Crippen LogP contribution in [0.5, 0.6) is 0 Å². The zero-order valence-corrected chi connectivity index (χ0v) is 21.3. The van der Waals surface area contributed by atoms with Crippen LogP contribution in [0, 0.1) is 22.5 Å². The van der Waals surface area contributed by atoms with Crippen LogP contribution in [0.3, 0.4) is 0 Å². The summed E-state index contributed by atoms with van der Waals surface area (Å²) in [4.78, 5) is 14.6. The Hall–Kier alpha value is -1.23. The number of morpholine rings is 1. The van der Waals surface area contributed by atoms with E-state index in [1.54, 1.807) is 0 Å². The molecule has 1 aliphatic rings. The lowest BCUT2D eigenvalue weighted by Crippen LogP contribution is -2.42. The molecule has 9 nitrogen and oxygen atoms in total. The molecule has 0 saturated carbocycles. The van der Waals surface area contributed by atoms with Crippen LogP contribution in [0.25, 0.3) is 0 Å². The molecule has 0 bridgehead atoms. The molecule has 0 N–H and O–H groups in total. The third-order valence-corrected chi connectivity index (χ3v) is 7.55. The summed E-state index contributed by atoms with van der Waals surface area (Å²) >= 11 is 6.76. The highest BCUT2D eigenvalue weighted by molar-refractivity contribution is 9.09. The summed E-state index contributed by atoms with van der Waals surface area (Å²) in [5.41, 5.74) is 0.135. The van der Waals surface area contributed by atoms with Crippen LogP contribution in [0.2, 0.25) is 0 Å². The van der Waals surface area contributed by atoms with E-state index in [9.17, 15) is 18.5 Å². The number of rotatable bonds is 11. The summed E-state index contributed by atoms with van der Waals surface area (Å²) in [6.45, 7) is 4.46. The maximum Gasteiger partial charge on any atom is 0.272 e. The van der Waals surface area contributed by atoms with Crippen LogP contribution in [-0.2, 0) is 14.8 Å². The van der Waals surface area contributed by atoms with Gasteiger partial charge in [0, 0.05) is 69.1 Å². The highest BCUT2D eigenvalue weighted by Gasteiger charge is 2.31. The second kappa shape index (κ2) is 12.1. The van der Waals surface area contributed by atoms with Crippen molar-refractivity contribution in [3.8, 4) is 12.3 Å². The number of ether oxygens (including phenoxy) is 1. The van der Waals surface area contributed by atoms with Gasteiger partial charge in [0.1, 0.15) is 4.90 Å². The van der Waals surface area contributed by atoms with Crippen molar-refractivity contribution in [2.24, 2.45) is 0 Å². The Morgan fingerprint density at radius 2 is 1.84 bits per heavy atom. The van der Waals surface area contributed by atoms with E-state index < -0.39 is 14.9 Å². The van der Waals surface area contributed by atoms with Crippen molar-refractivity contribution in [2.75, 3.05) is 75.1 Å². The van der Waals surface area contributed by atoms with Gasteiger partial charge in [0.25, 0.3) is 5.69 Å². The van der Waals surface area contributed by atoms with Crippen molar-refractivity contribution in [3.05, 3.63) is 27.8 Å². The van der Waals surface area contributed by atoms with Gasteiger partial charge in [-0.1, -0.05) is 37.8 Å². The minimum atomic E-state index is -4.04. The fourth-order valence-electron chi connectivity index (χ4n) is 3.27. The van der Waals surface area contributed by atoms with E-state index in [4.69, 9.17) is 11.2 Å². The normalized spacial score (nSPS) is 15.1. The van der Waals surface area contributed by atoms with Crippen LogP contribution in [0.1, 0.15) is 5.56 Å². The van der Waals surface area contributed by atoms with Crippen LogP contribution in [0.15, 0.2) is 17.0 Å². The molecule has 0 spiro atoms. The summed E-state index contributed by atoms with van der Waals surface area (Å²) in [5, 5.41) is 12.6. The van der Waals surface area contributed by atoms with E-state index in [0.29, 0.717) is 49.2 Å². The Bertz CT molecular complexity index is 911. The number of sulfonamides is 1. The number of hydrogen-bond donors (Lipinski definition) is 0. The minimum absolute atomic E-state index is 0.152. The van der Waals surface area contributed by atoms with Gasteiger partial charge in [-0.2, -0.15) is 4.31 Å². The van der Waals surface area contributed by atoms with Crippen LogP contribution in [0.4, 0.5) is 11.4 Å². The molecular formula is C19H26Br2N4O5S. The average Bonchev–Trinajstić information content (AvgIpc) is 2.76. The lowest BCUT2D eigenvalue weighted by Gasteiger charge is -2.30. The van der Waals surface area contributed by atoms with Crippen LogP contribution >= 0.6 is 31.9 Å². The van der Waals surface area contributed by atoms with Gasteiger partial charge in [-0.15, -0.1) is 6.42 Å². The number of non-ortho nitro benzene ring substituents is 1. The van der Waals surface area contributed by atoms with Crippen molar-refractivity contribution in [1.29, 1.82) is 0 Å². The van der Waals surface area contributed by atoms with E-state index in [2.05, 4.69) is 42.7 Å². The van der Waals surface area contributed by atoms with Gasteiger partial charge in [0.2, 0.25) is 10.0 Å². The maximum absolute atomic E-state index is 13.5. The maximum atomic E-state index is 13.5. The third-order valence-electron chi connectivity index (χ3n) is 4.97. The number of nitro groups is 1. The first kappa shape index (κ1) is 26.0. The molecule has 0 radical (unpaired) electrons. The molecule has 0 amide bonds. The number of nitrogens with zero attached hydrogens (tertiary/aromatic N) is 4. The SMILES string of the molecule is C#Cc1cc([N+](=O)[O-])cc(S(=O)(=O)N(C)CCN2CCOCC2)c1N(CCBr)CCBr. The molecule has 172 valence electrons. The standard InChI is InChI=1S/C19H26Br2N4O5S/c1-3-16-14-17(25(26)27)15-18(19(16)24(6-4-20)7-5-21)31(28,29)22(2)8-9-23-10-12-30-13-11-23/h1,14-15H,4-13H2,2H3. The molecule has 0 unspecified atom stereocenters. The number of nitro benzene ring substituents is 1. The quantitative estimate of drug-likeness (QED) is 0.171. The van der Waals surface area contributed by atoms with Crippen molar-refractivity contribution < 1.29 is 18.1 Å². The molecule has 2 rings (SSSR count). The van der Waals surface area contributed by atoms with E-state index >= 15 is 0 Å². The number of anilines is 1. The fourth-order valence-corrected chi connectivity index (χ4v) is 5.53. The summed E-state index contributed by atoms with van der Waals surface area (Å²) in [6, 6.07) is 2.35. The number of alkyl halides is 2. The number of likely N-dealkylation sites (N-methyl/N-ethyl adjacent to an activating group) is 1. The largest absolute Gasteiger partial charge is 0.379 e. The summed E-state index contributed by atoms with van der Waals surface area (Å²) in [5.74, 6) is 2.44. The van der Waals surface area contributed by atoms with Crippen LogP contribution < -0.4 is 4.90 Å². The summed E-state index contributed by atoms with van der Waals surface area (Å²) in [6.07, 6.45) is 5.64. The van der Waals surface area contributed by atoms with E-state index in [1.807, 2.05) is 4.90 Å². The summed E-state index contributed by atoms with van der Waals surface area (Å²) < 4.78 is 33.6. The second-order valence-electron chi connectivity index (χ2n) is 6.89. The number of halogens is 2. The molecule has 0 aromatic heterocycles. The smallest absolute Gasteiger partial charge is 0.272 e. The molecule has 1 saturated heterocycles. The average molecular weight is 582 g/mol. The van der Waals surface area contributed by atoms with Gasteiger partial charge >= 0.3 is 0 Å². The third kappa shape index (κ3) is 6.63. The van der Waals surface area contributed by atoms with Crippen molar-refractivity contribution >= 4 is 53.3 Å². The molecule has 0 aliphatic carbocycles. The molecule has 1 aliphatic heterocycles. The van der Waals surface area contributed by atoms with Crippen molar-refractivity contribution in [2.45, 2.75) is 4.90 Å². The number of hydrogen-bond acceptors (Lipinski definition) is 7. The van der Waals surface area contributed by atoms with E-state index in [-0.39, 0.29) is 22.7 Å². The van der Waals surface area contributed by atoms with Gasteiger partial charge in [-0.05, 0) is 0 Å². The highest BCUT2D eigenvalue weighted by atomic mass is 79.9. The first-order chi connectivity index (χ1) is 14.8. The predicted octanol–water partition coefficient (Wildman–Crippen LogP) is 2.13. The van der Waals surface area contributed by atoms with E-state index in [0.717, 1.165) is 19.2 Å². The van der Waals surface area contributed by atoms with Gasteiger partial charge < -0.3 is 9.64 Å². The van der Waals surface area contributed by atoms with Gasteiger partial charge in [0.15, 0.2) is 0 Å². The Morgan fingerprint density at radius 3 is 2.35 bits per heavy atom. The van der Waals surface area contributed by atoms with Gasteiger partial charge in [-0.3, -0.25) is 15.0 Å². The molecule has 1 aromatic carbocycles. The van der Waals surface area contributed by atoms with Crippen LogP contribution in [-0.4, -0.2) is 92.7 Å².